The van der Waals surface area contributed by atoms with Gasteiger partial charge in [-0.25, -0.2) is 4.90 Å². The van der Waals surface area contributed by atoms with Gasteiger partial charge >= 0.3 is 0 Å². The van der Waals surface area contributed by atoms with Gasteiger partial charge < -0.3 is 5.32 Å². The largest absolute Gasteiger partial charge is 0.377 e. The number of carbonyl (C=O) groups is 2. The van der Waals surface area contributed by atoms with Crippen molar-refractivity contribution in [3.8, 4) is 0 Å². The molecule has 2 aromatic rings. The summed E-state index contributed by atoms with van der Waals surface area (Å²) < 4.78 is 0. The van der Waals surface area contributed by atoms with E-state index >= 15 is 0 Å². The highest BCUT2D eigenvalue weighted by Crippen LogP contribution is 2.41. The summed E-state index contributed by atoms with van der Waals surface area (Å²) in [6, 6.07) is 15.2. The van der Waals surface area contributed by atoms with E-state index in [1.807, 2.05) is 18.2 Å². The van der Waals surface area contributed by atoms with Crippen LogP contribution in [0.3, 0.4) is 0 Å². The zero-order valence-electron chi connectivity index (χ0n) is 19.2. The maximum atomic E-state index is 12.9. The number of amides is 2. The van der Waals surface area contributed by atoms with Crippen LogP contribution in [0, 0.1) is 22.0 Å². The van der Waals surface area contributed by atoms with E-state index in [2.05, 4.69) is 22.3 Å². The molecule has 5 rings (SSSR count). The number of nitro groups is 1. The van der Waals surface area contributed by atoms with Crippen LogP contribution >= 0.6 is 0 Å². The van der Waals surface area contributed by atoms with Crippen LogP contribution in [0.2, 0.25) is 0 Å². The van der Waals surface area contributed by atoms with Gasteiger partial charge in [-0.05, 0) is 43.4 Å². The Labute approximate surface area is 199 Å². The minimum Gasteiger partial charge on any atom is -0.377 e. The summed E-state index contributed by atoms with van der Waals surface area (Å²) in [4.78, 5) is 40.8. The smallest absolute Gasteiger partial charge is 0.294 e. The van der Waals surface area contributed by atoms with Crippen LogP contribution in [0.1, 0.15) is 44.1 Å². The molecule has 3 aliphatic rings. The number of likely N-dealkylation sites (tertiary alicyclic amines) is 1. The molecule has 0 radical (unpaired) electrons. The lowest BCUT2D eigenvalue weighted by molar-refractivity contribution is -0.383. The molecule has 8 nitrogen and oxygen atoms in total. The van der Waals surface area contributed by atoms with E-state index in [0.717, 1.165) is 58.2 Å². The zero-order valence-corrected chi connectivity index (χ0v) is 19.2. The van der Waals surface area contributed by atoms with Crippen LogP contribution in [0.25, 0.3) is 0 Å². The van der Waals surface area contributed by atoms with Crippen LogP contribution in [-0.2, 0) is 16.1 Å². The molecule has 34 heavy (non-hydrogen) atoms. The van der Waals surface area contributed by atoms with Crippen molar-refractivity contribution in [1.82, 2.24) is 4.90 Å². The first-order valence-corrected chi connectivity index (χ1v) is 12.2. The van der Waals surface area contributed by atoms with Gasteiger partial charge in [0.1, 0.15) is 5.69 Å². The SMILES string of the molecule is O=C1[C@H]2CCCC[C@@H]2C(=O)N1c1ccc(NC2CCN(Cc3ccccc3)CC2)c([N+](=O)[O-])c1. The third-order valence-corrected chi connectivity index (χ3v) is 7.47. The van der Waals surface area contributed by atoms with E-state index in [0.29, 0.717) is 11.4 Å². The Morgan fingerprint density at radius 1 is 0.912 bits per heavy atom. The molecule has 2 aromatic carbocycles. The van der Waals surface area contributed by atoms with Gasteiger partial charge in [0.15, 0.2) is 0 Å². The van der Waals surface area contributed by atoms with E-state index in [4.69, 9.17) is 0 Å². The molecule has 1 aliphatic carbocycles. The zero-order chi connectivity index (χ0) is 23.7. The fraction of sp³-hybridized carbons (Fsp3) is 0.462. The number of nitrogens with zero attached hydrogens (tertiary/aromatic N) is 3. The quantitative estimate of drug-likeness (QED) is 0.390. The number of carbonyl (C=O) groups excluding carboxylic acids is 2. The fourth-order valence-corrected chi connectivity index (χ4v) is 5.65. The molecule has 2 amide bonds. The fourth-order valence-electron chi connectivity index (χ4n) is 5.65. The topological polar surface area (TPSA) is 95.8 Å². The Morgan fingerprint density at radius 3 is 2.18 bits per heavy atom. The van der Waals surface area contributed by atoms with Crippen molar-refractivity contribution in [2.45, 2.75) is 51.1 Å². The van der Waals surface area contributed by atoms with Gasteiger partial charge in [0, 0.05) is 31.7 Å². The summed E-state index contributed by atoms with van der Waals surface area (Å²) in [7, 11) is 0. The number of piperidine rings is 1. The van der Waals surface area contributed by atoms with Crippen molar-refractivity contribution in [1.29, 1.82) is 0 Å². The Hall–Kier alpha value is -3.26. The molecule has 178 valence electrons. The Kier molecular flexibility index (Phi) is 6.32. The van der Waals surface area contributed by atoms with Crippen LogP contribution in [0.5, 0.6) is 0 Å². The van der Waals surface area contributed by atoms with Gasteiger partial charge in [0.05, 0.1) is 22.4 Å². The monoisotopic (exact) mass is 462 g/mol. The van der Waals surface area contributed by atoms with Crippen molar-refractivity contribution in [2.75, 3.05) is 23.3 Å². The number of anilines is 2. The van der Waals surface area contributed by atoms with Crippen molar-refractivity contribution in [2.24, 2.45) is 11.8 Å². The van der Waals surface area contributed by atoms with Crippen molar-refractivity contribution >= 4 is 28.9 Å². The molecule has 2 saturated heterocycles. The van der Waals surface area contributed by atoms with Crippen LogP contribution < -0.4 is 10.2 Å². The summed E-state index contributed by atoms with van der Waals surface area (Å²) in [5.41, 5.74) is 1.93. The van der Waals surface area contributed by atoms with Gasteiger partial charge in [0.2, 0.25) is 11.8 Å². The van der Waals surface area contributed by atoms with E-state index in [1.165, 1.54) is 16.5 Å². The maximum Gasteiger partial charge on any atom is 0.294 e. The second kappa shape index (κ2) is 9.54. The number of hydrogen-bond donors (Lipinski definition) is 1. The average molecular weight is 463 g/mol. The van der Waals surface area contributed by atoms with Gasteiger partial charge in [-0.3, -0.25) is 24.6 Å². The number of nitrogens with one attached hydrogen (secondary N) is 1. The normalized spacial score (nSPS) is 23.7. The molecule has 1 N–H and O–H groups in total. The first-order valence-electron chi connectivity index (χ1n) is 12.2. The predicted molar refractivity (Wildman–Crippen MR) is 129 cm³/mol. The Balaban J connectivity index is 1.27. The summed E-state index contributed by atoms with van der Waals surface area (Å²) in [5.74, 6) is -0.982. The third-order valence-electron chi connectivity index (χ3n) is 7.47. The molecule has 8 heteroatoms. The highest BCUT2D eigenvalue weighted by atomic mass is 16.6. The number of rotatable bonds is 6. The van der Waals surface area contributed by atoms with Gasteiger partial charge in [-0.1, -0.05) is 43.2 Å². The lowest BCUT2D eigenvalue weighted by Gasteiger charge is -2.32. The van der Waals surface area contributed by atoms with Gasteiger partial charge in [-0.2, -0.15) is 0 Å². The summed E-state index contributed by atoms with van der Waals surface area (Å²) in [5, 5.41) is 15.2. The van der Waals surface area contributed by atoms with E-state index in [1.54, 1.807) is 12.1 Å². The van der Waals surface area contributed by atoms with E-state index in [-0.39, 0.29) is 35.4 Å². The molecule has 3 fully saturated rings. The predicted octanol–water partition coefficient (Wildman–Crippen LogP) is 4.35. The average Bonchev–Trinajstić information content (AvgIpc) is 3.11. The Morgan fingerprint density at radius 2 is 1.56 bits per heavy atom. The third kappa shape index (κ3) is 4.42. The number of imide groups is 1. The highest BCUT2D eigenvalue weighted by Gasteiger charge is 2.49. The molecule has 2 atom stereocenters. The Bertz CT molecular complexity index is 1060. The van der Waals surface area contributed by atoms with E-state index < -0.39 is 4.92 Å². The molecule has 0 unspecified atom stereocenters. The summed E-state index contributed by atoms with van der Waals surface area (Å²) in [6.07, 6.45) is 5.10. The second-order valence-corrected chi connectivity index (χ2v) is 9.65. The molecular formula is C26H30N4O4. The molecule has 2 heterocycles. The van der Waals surface area contributed by atoms with E-state index in [9.17, 15) is 19.7 Å². The number of fused-ring (bicyclic) bond motifs is 1. The standard InChI is InChI=1S/C26H30N4O4/c31-25-21-8-4-5-9-22(21)26(32)29(25)20-10-11-23(24(16-20)30(33)34)27-19-12-14-28(15-13-19)17-18-6-2-1-3-7-18/h1-3,6-7,10-11,16,19,21-22,27H,4-5,8-9,12-15,17H2/t21-,22-/m0/s1. The van der Waals surface area contributed by atoms with Crippen LogP contribution in [0.4, 0.5) is 17.1 Å². The van der Waals surface area contributed by atoms with Crippen molar-refractivity contribution in [3.63, 3.8) is 0 Å². The molecule has 0 aromatic heterocycles. The maximum absolute atomic E-state index is 12.9. The first kappa shape index (κ1) is 22.5. The second-order valence-electron chi connectivity index (χ2n) is 9.65. The summed E-state index contributed by atoms with van der Waals surface area (Å²) >= 11 is 0. The highest BCUT2D eigenvalue weighted by molar-refractivity contribution is 6.22. The molecular weight excluding hydrogens is 432 g/mol. The molecule has 0 spiro atoms. The minimum atomic E-state index is -0.436. The van der Waals surface area contributed by atoms with Gasteiger partial charge in [0.25, 0.3) is 5.69 Å². The van der Waals surface area contributed by atoms with Crippen LogP contribution in [-0.4, -0.2) is 40.8 Å². The lowest BCUT2D eigenvalue weighted by atomic mass is 9.81. The summed E-state index contributed by atoms with van der Waals surface area (Å²) in [6.45, 7) is 2.73. The molecule has 0 bridgehead atoms. The number of nitro benzene ring substituents is 1. The molecule has 1 saturated carbocycles. The number of hydrogen-bond acceptors (Lipinski definition) is 6. The molecule has 2 aliphatic heterocycles. The van der Waals surface area contributed by atoms with Crippen molar-refractivity contribution in [3.05, 3.63) is 64.2 Å². The first-order chi connectivity index (χ1) is 16.5. The minimum absolute atomic E-state index is 0.0975. The van der Waals surface area contributed by atoms with Crippen molar-refractivity contribution < 1.29 is 14.5 Å². The van der Waals surface area contributed by atoms with Gasteiger partial charge in [-0.15, -0.1) is 0 Å². The number of benzene rings is 2. The lowest BCUT2D eigenvalue weighted by Crippen LogP contribution is -2.38. The van der Waals surface area contributed by atoms with Crippen LogP contribution in [0.15, 0.2) is 48.5 Å².